The fourth-order valence-corrected chi connectivity index (χ4v) is 3.62. The molecule has 3 rings (SSSR count). The van der Waals surface area contributed by atoms with E-state index in [2.05, 4.69) is 22.2 Å². The summed E-state index contributed by atoms with van der Waals surface area (Å²) in [4.78, 5) is 31.2. The minimum Gasteiger partial charge on any atom is -0.494 e. The predicted molar refractivity (Wildman–Crippen MR) is 110 cm³/mol. The van der Waals surface area contributed by atoms with Crippen molar-refractivity contribution in [2.24, 2.45) is 0 Å². The zero-order chi connectivity index (χ0) is 19.9. The van der Waals surface area contributed by atoms with Gasteiger partial charge in [-0.3, -0.25) is 9.59 Å². The number of ether oxygens (including phenoxy) is 1. The summed E-state index contributed by atoms with van der Waals surface area (Å²) in [5.41, 5.74) is 0.612. The molecule has 2 heterocycles. The first-order valence-electron chi connectivity index (χ1n) is 10.3. The molecular weight excluding hydrogens is 356 g/mol. The Morgan fingerprint density at radius 2 is 1.82 bits per heavy atom. The number of piperazine rings is 1. The van der Waals surface area contributed by atoms with E-state index in [1.165, 1.54) is 4.90 Å². The Morgan fingerprint density at radius 1 is 1.11 bits per heavy atom. The number of imide groups is 1. The van der Waals surface area contributed by atoms with Crippen LogP contribution in [0.15, 0.2) is 24.3 Å². The Hall–Kier alpha value is -1.96. The van der Waals surface area contributed by atoms with E-state index in [-0.39, 0.29) is 18.2 Å². The third-order valence-corrected chi connectivity index (χ3v) is 5.35. The van der Waals surface area contributed by atoms with Gasteiger partial charge in [-0.2, -0.15) is 0 Å². The molecule has 7 nitrogen and oxygen atoms in total. The SMILES string of the molecule is CCCOc1ccc(N2C(=O)C[C@H](NCCCN3CCN(C)CC3)C2=O)cc1. The van der Waals surface area contributed by atoms with E-state index < -0.39 is 6.04 Å². The molecule has 0 bridgehead atoms. The number of amides is 2. The maximum Gasteiger partial charge on any atom is 0.251 e. The second kappa shape index (κ2) is 10.0. The van der Waals surface area contributed by atoms with Crippen LogP contribution in [0.25, 0.3) is 0 Å². The lowest BCUT2D eigenvalue weighted by atomic mass is 10.2. The van der Waals surface area contributed by atoms with Gasteiger partial charge in [-0.15, -0.1) is 0 Å². The Labute approximate surface area is 167 Å². The van der Waals surface area contributed by atoms with Gasteiger partial charge in [0.25, 0.3) is 5.91 Å². The molecule has 0 unspecified atom stereocenters. The minimum absolute atomic E-state index is 0.149. The molecule has 1 atom stereocenters. The summed E-state index contributed by atoms with van der Waals surface area (Å²) in [6.07, 6.45) is 2.14. The maximum atomic E-state index is 12.7. The molecule has 0 aliphatic carbocycles. The molecule has 1 aromatic rings. The van der Waals surface area contributed by atoms with Gasteiger partial charge in [0.15, 0.2) is 0 Å². The number of hydrogen-bond acceptors (Lipinski definition) is 6. The summed E-state index contributed by atoms with van der Waals surface area (Å²) >= 11 is 0. The van der Waals surface area contributed by atoms with Crippen LogP contribution in [0, 0.1) is 0 Å². The van der Waals surface area contributed by atoms with Crippen molar-refractivity contribution < 1.29 is 14.3 Å². The van der Waals surface area contributed by atoms with E-state index in [1.807, 2.05) is 19.1 Å². The average molecular weight is 389 g/mol. The van der Waals surface area contributed by atoms with Crippen molar-refractivity contribution >= 4 is 17.5 Å². The fraction of sp³-hybridized carbons (Fsp3) is 0.619. The molecule has 7 heteroatoms. The first kappa shape index (κ1) is 20.8. The highest BCUT2D eigenvalue weighted by Crippen LogP contribution is 2.25. The zero-order valence-electron chi connectivity index (χ0n) is 17.0. The number of rotatable bonds is 9. The smallest absolute Gasteiger partial charge is 0.251 e. The number of anilines is 1. The Kier molecular flexibility index (Phi) is 7.42. The molecule has 2 fully saturated rings. The van der Waals surface area contributed by atoms with Gasteiger partial charge < -0.3 is 19.9 Å². The summed E-state index contributed by atoms with van der Waals surface area (Å²) in [5, 5.41) is 3.28. The molecule has 28 heavy (non-hydrogen) atoms. The zero-order valence-corrected chi connectivity index (χ0v) is 17.0. The van der Waals surface area contributed by atoms with Crippen LogP contribution in [-0.2, 0) is 9.59 Å². The maximum absolute atomic E-state index is 12.7. The summed E-state index contributed by atoms with van der Waals surface area (Å²) in [6, 6.07) is 6.74. The number of hydrogen-bond donors (Lipinski definition) is 1. The summed E-state index contributed by atoms with van der Waals surface area (Å²) < 4.78 is 5.56. The largest absolute Gasteiger partial charge is 0.494 e. The monoisotopic (exact) mass is 388 g/mol. The van der Waals surface area contributed by atoms with Crippen LogP contribution in [0.3, 0.4) is 0 Å². The number of carbonyl (C=O) groups is 2. The van der Waals surface area contributed by atoms with Gasteiger partial charge in [0.05, 0.1) is 24.8 Å². The van der Waals surface area contributed by atoms with Crippen molar-refractivity contribution in [2.75, 3.05) is 57.8 Å². The molecule has 0 radical (unpaired) electrons. The standard InChI is InChI=1S/C21H32N4O3/c1-3-15-28-18-7-5-17(6-8-18)25-20(26)16-19(21(25)27)22-9-4-10-24-13-11-23(2)12-14-24/h5-8,19,22H,3-4,9-16H2,1-2H3/t19-/m0/s1. The highest BCUT2D eigenvalue weighted by molar-refractivity contribution is 6.22. The van der Waals surface area contributed by atoms with Crippen LogP contribution < -0.4 is 15.0 Å². The highest BCUT2D eigenvalue weighted by Gasteiger charge is 2.39. The van der Waals surface area contributed by atoms with Crippen LogP contribution in [0.2, 0.25) is 0 Å². The molecule has 0 saturated carbocycles. The molecule has 154 valence electrons. The second-order valence-corrected chi connectivity index (χ2v) is 7.62. The van der Waals surface area contributed by atoms with Crippen LogP contribution in [0.4, 0.5) is 5.69 Å². The Balaban J connectivity index is 1.45. The van der Waals surface area contributed by atoms with E-state index in [4.69, 9.17) is 4.74 Å². The van der Waals surface area contributed by atoms with Crippen LogP contribution in [0.1, 0.15) is 26.2 Å². The number of benzene rings is 1. The van der Waals surface area contributed by atoms with Gasteiger partial charge >= 0.3 is 0 Å². The van der Waals surface area contributed by atoms with Crippen LogP contribution in [0.5, 0.6) is 5.75 Å². The number of nitrogens with one attached hydrogen (secondary N) is 1. The number of likely N-dealkylation sites (N-methyl/N-ethyl adjacent to an activating group) is 1. The van der Waals surface area contributed by atoms with E-state index in [0.717, 1.165) is 57.9 Å². The van der Waals surface area contributed by atoms with Gasteiger partial charge in [-0.1, -0.05) is 6.92 Å². The second-order valence-electron chi connectivity index (χ2n) is 7.62. The number of nitrogens with zero attached hydrogens (tertiary/aromatic N) is 3. The summed E-state index contributed by atoms with van der Waals surface area (Å²) in [7, 11) is 2.15. The molecule has 1 aromatic carbocycles. The highest BCUT2D eigenvalue weighted by atomic mass is 16.5. The summed E-state index contributed by atoms with van der Waals surface area (Å²) in [6.45, 7) is 8.90. The molecule has 2 saturated heterocycles. The number of carbonyl (C=O) groups excluding carboxylic acids is 2. The van der Waals surface area contributed by atoms with E-state index >= 15 is 0 Å². The van der Waals surface area contributed by atoms with Crippen LogP contribution >= 0.6 is 0 Å². The van der Waals surface area contributed by atoms with Crippen molar-refractivity contribution in [3.8, 4) is 5.75 Å². The van der Waals surface area contributed by atoms with Gasteiger partial charge in [0.2, 0.25) is 5.91 Å². The van der Waals surface area contributed by atoms with E-state index in [9.17, 15) is 9.59 Å². The average Bonchev–Trinajstić information content (AvgIpc) is 2.99. The molecule has 0 aromatic heterocycles. The molecule has 2 aliphatic heterocycles. The predicted octanol–water partition coefficient (Wildman–Crippen LogP) is 1.33. The van der Waals surface area contributed by atoms with Crippen molar-refractivity contribution in [3.63, 3.8) is 0 Å². The molecule has 2 aliphatic rings. The van der Waals surface area contributed by atoms with Gasteiger partial charge in [0.1, 0.15) is 5.75 Å². The lowest BCUT2D eigenvalue weighted by Gasteiger charge is -2.32. The first-order valence-corrected chi connectivity index (χ1v) is 10.3. The van der Waals surface area contributed by atoms with E-state index in [0.29, 0.717) is 12.3 Å². The Bertz CT molecular complexity index is 656. The first-order chi connectivity index (χ1) is 13.6. The van der Waals surface area contributed by atoms with Crippen molar-refractivity contribution in [1.82, 2.24) is 15.1 Å². The Morgan fingerprint density at radius 3 is 2.50 bits per heavy atom. The van der Waals surface area contributed by atoms with Gasteiger partial charge in [0, 0.05) is 26.2 Å². The third-order valence-electron chi connectivity index (χ3n) is 5.35. The lowest BCUT2D eigenvalue weighted by molar-refractivity contribution is -0.121. The van der Waals surface area contributed by atoms with Gasteiger partial charge in [-0.25, -0.2) is 4.90 Å². The van der Waals surface area contributed by atoms with Crippen molar-refractivity contribution in [3.05, 3.63) is 24.3 Å². The normalized spacial score (nSPS) is 21.5. The van der Waals surface area contributed by atoms with Crippen molar-refractivity contribution in [1.29, 1.82) is 0 Å². The summed E-state index contributed by atoms with van der Waals surface area (Å²) in [5.74, 6) is 0.443. The fourth-order valence-electron chi connectivity index (χ4n) is 3.62. The third kappa shape index (κ3) is 5.31. The van der Waals surface area contributed by atoms with E-state index in [1.54, 1.807) is 12.1 Å². The molecular formula is C21H32N4O3. The van der Waals surface area contributed by atoms with Crippen molar-refractivity contribution in [2.45, 2.75) is 32.2 Å². The molecule has 1 N–H and O–H groups in total. The quantitative estimate of drug-likeness (QED) is 0.509. The van der Waals surface area contributed by atoms with Gasteiger partial charge in [-0.05, 0) is 57.2 Å². The van der Waals surface area contributed by atoms with Crippen LogP contribution in [-0.4, -0.2) is 80.6 Å². The topological polar surface area (TPSA) is 65.1 Å². The molecule has 2 amide bonds. The lowest BCUT2D eigenvalue weighted by Crippen LogP contribution is -2.45. The molecule has 0 spiro atoms. The minimum atomic E-state index is -0.420.